The third-order valence-corrected chi connectivity index (χ3v) is 3.00. The van der Waals surface area contributed by atoms with E-state index in [4.69, 9.17) is 22.1 Å². The number of nitrogens with one attached hydrogen (secondary N) is 1. The number of hydrogen-bond acceptors (Lipinski definition) is 3. The molecule has 0 saturated carbocycles. The van der Waals surface area contributed by atoms with Crippen molar-refractivity contribution in [1.29, 1.82) is 0 Å². The lowest BCUT2D eigenvalue weighted by molar-refractivity contribution is 0.100. The molecule has 0 atom stereocenters. The Morgan fingerprint density at radius 2 is 2.21 bits per heavy atom. The van der Waals surface area contributed by atoms with Crippen molar-refractivity contribution in [2.75, 3.05) is 19.8 Å². The molecule has 0 aliphatic rings. The topological polar surface area (TPSA) is 64.3 Å². The summed E-state index contributed by atoms with van der Waals surface area (Å²) in [4.78, 5) is 11.0. The van der Waals surface area contributed by atoms with Gasteiger partial charge in [-0.15, -0.1) is 0 Å². The molecule has 0 aromatic heterocycles. The molecule has 106 valence electrons. The van der Waals surface area contributed by atoms with E-state index < -0.39 is 5.91 Å². The van der Waals surface area contributed by atoms with Crippen molar-refractivity contribution >= 4 is 17.5 Å². The molecule has 0 spiro atoms. The van der Waals surface area contributed by atoms with Crippen LogP contribution in [0.2, 0.25) is 5.02 Å². The van der Waals surface area contributed by atoms with Crippen LogP contribution >= 0.6 is 11.6 Å². The number of nitrogens with two attached hydrogens (primary N) is 1. The molecule has 1 rings (SSSR count). The number of rotatable bonds is 9. The quantitative estimate of drug-likeness (QED) is 0.684. The summed E-state index contributed by atoms with van der Waals surface area (Å²) in [6, 6.07) is 5.11. The predicted octanol–water partition coefficient (Wildman–Crippen LogP) is 2.35. The first-order valence-corrected chi connectivity index (χ1v) is 6.89. The van der Waals surface area contributed by atoms with E-state index in [2.05, 4.69) is 12.2 Å². The Balaban J connectivity index is 2.28. The highest BCUT2D eigenvalue weighted by molar-refractivity contribution is 6.31. The maximum atomic E-state index is 11.0. The van der Waals surface area contributed by atoms with Gasteiger partial charge in [0.1, 0.15) is 0 Å². The first-order chi connectivity index (χ1) is 9.15. The van der Waals surface area contributed by atoms with E-state index in [-0.39, 0.29) is 0 Å². The monoisotopic (exact) mass is 284 g/mol. The fourth-order valence-electron chi connectivity index (χ4n) is 1.61. The molecule has 0 fully saturated rings. The summed E-state index contributed by atoms with van der Waals surface area (Å²) >= 11 is 6.08. The average molecular weight is 285 g/mol. The first-order valence-electron chi connectivity index (χ1n) is 6.51. The maximum absolute atomic E-state index is 11.0. The third kappa shape index (κ3) is 6.05. The number of amides is 1. The minimum absolute atomic E-state index is 0.432. The molecule has 0 heterocycles. The molecule has 0 unspecified atom stereocenters. The molecule has 3 N–H and O–H groups in total. The van der Waals surface area contributed by atoms with Gasteiger partial charge >= 0.3 is 0 Å². The van der Waals surface area contributed by atoms with Crippen molar-refractivity contribution in [3.05, 3.63) is 34.3 Å². The van der Waals surface area contributed by atoms with E-state index in [1.807, 2.05) is 6.07 Å². The molecule has 0 bridgehead atoms. The van der Waals surface area contributed by atoms with Crippen molar-refractivity contribution < 1.29 is 9.53 Å². The molecule has 1 aromatic carbocycles. The Labute approximate surface area is 119 Å². The SMILES string of the molecule is CCCOCCCNCc1ccc(C(N)=O)cc1Cl. The van der Waals surface area contributed by atoms with Crippen LogP contribution in [0.3, 0.4) is 0 Å². The van der Waals surface area contributed by atoms with Gasteiger partial charge < -0.3 is 15.8 Å². The standard InChI is InChI=1S/C14H21ClN2O2/c1-2-7-19-8-3-6-17-10-12-5-4-11(14(16)18)9-13(12)15/h4-5,9,17H,2-3,6-8,10H2,1H3,(H2,16,18). The number of primary amides is 1. The highest BCUT2D eigenvalue weighted by Crippen LogP contribution is 2.17. The van der Waals surface area contributed by atoms with Gasteiger partial charge in [-0.25, -0.2) is 0 Å². The number of carbonyl (C=O) groups excluding carboxylic acids is 1. The van der Waals surface area contributed by atoms with E-state index in [0.29, 0.717) is 17.1 Å². The van der Waals surface area contributed by atoms with Gasteiger partial charge in [-0.2, -0.15) is 0 Å². The lowest BCUT2D eigenvalue weighted by Gasteiger charge is -2.08. The van der Waals surface area contributed by atoms with Crippen molar-refractivity contribution in [2.24, 2.45) is 5.73 Å². The van der Waals surface area contributed by atoms with Gasteiger partial charge in [0.25, 0.3) is 0 Å². The van der Waals surface area contributed by atoms with Crippen LogP contribution < -0.4 is 11.1 Å². The van der Waals surface area contributed by atoms with Gasteiger partial charge in [-0.05, 0) is 37.1 Å². The lowest BCUT2D eigenvalue weighted by Crippen LogP contribution is -2.17. The number of hydrogen-bond donors (Lipinski definition) is 2. The molecule has 0 saturated heterocycles. The number of benzene rings is 1. The second-order valence-electron chi connectivity index (χ2n) is 4.31. The molecule has 5 heteroatoms. The van der Waals surface area contributed by atoms with Crippen LogP contribution in [0.5, 0.6) is 0 Å². The van der Waals surface area contributed by atoms with Crippen LogP contribution in [-0.4, -0.2) is 25.7 Å². The van der Waals surface area contributed by atoms with Gasteiger partial charge in [0.2, 0.25) is 5.91 Å². The highest BCUT2D eigenvalue weighted by atomic mass is 35.5. The van der Waals surface area contributed by atoms with Gasteiger partial charge in [-0.3, -0.25) is 4.79 Å². The minimum atomic E-state index is -0.463. The second-order valence-corrected chi connectivity index (χ2v) is 4.72. The van der Waals surface area contributed by atoms with Crippen molar-refractivity contribution in [1.82, 2.24) is 5.32 Å². The van der Waals surface area contributed by atoms with Gasteiger partial charge in [0.05, 0.1) is 0 Å². The summed E-state index contributed by atoms with van der Waals surface area (Å²) in [5.41, 5.74) is 6.58. The summed E-state index contributed by atoms with van der Waals surface area (Å²) in [6.07, 6.45) is 2.02. The number of carbonyl (C=O) groups is 1. The first kappa shape index (κ1) is 16.0. The molecule has 0 aliphatic heterocycles. The molecular weight excluding hydrogens is 264 g/mol. The summed E-state index contributed by atoms with van der Waals surface area (Å²) in [7, 11) is 0. The Hall–Kier alpha value is -1.10. The minimum Gasteiger partial charge on any atom is -0.381 e. The molecule has 1 aromatic rings. The van der Waals surface area contributed by atoms with Crippen LogP contribution in [0.25, 0.3) is 0 Å². The molecule has 0 radical (unpaired) electrons. The van der Waals surface area contributed by atoms with Crippen LogP contribution in [-0.2, 0) is 11.3 Å². The fourth-order valence-corrected chi connectivity index (χ4v) is 1.86. The summed E-state index contributed by atoms with van der Waals surface area (Å²) in [5.74, 6) is -0.463. The average Bonchev–Trinajstić information content (AvgIpc) is 2.39. The maximum Gasteiger partial charge on any atom is 0.248 e. The normalized spacial score (nSPS) is 10.6. The van der Waals surface area contributed by atoms with Crippen LogP contribution in [0.1, 0.15) is 35.7 Å². The second kappa shape index (κ2) is 8.91. The zero-order chi connectivity index (χ0) is 14.1. The van der Waals surface area contributed by atoms with Crippen molar-refractivity contribution in [3.63, 3.8) is 0 Å². The number of halogens is 1. The Kier molecular flexibility index (Phi) is 7.48. The Morgan fingerprint density at radius 1 is 1.42 bits per heavy atom. The molecule has 1 amide bonds. The largest absolute Gasteiger partial charge is 0.381 e. The lowest BCUT2D eigenvalue weighted by atomic mass is 10.1. The summed E-state index contributed by atoms with van der Waals surface area (Å²) < 4.78 is 5.38. The van der Waals surface area contributed by atoms with Gasteiger partial charge in [0, 0.05) is 30.3 Å². The highest BCUT2D eigenvalue weighted by Gasteiger charge is 2.05. The fraction of sp³-hybridized carbons (Fsp3) is 0.500. The molecule has 19 heavy (non-hydrogen) atoms. The van der Waals surface area contributed by atoms with E-state index >= 15 is 0 Å². The summed E-state index contributed by atoms with van der Waals surface area (Å²) in [6.45, 7) is 5.23. The van der Waals surface area contributed by atoms with E-state index in [0.717, 1.165) is 38.2 Å². The molecule has 0 aliphatic carbocycles. The molecular formula is C14H21ClN2O2. The third-order valence-electron chi connectivity index (χ3n) is 2.64. The molecule has 4 nitrogen and oxygen atoms in total. The van der Waals surface area contributed by atoms with Crippen LogP contribution in [0, 0.1) is 0 Å². The Bertz CT molecular complexity index is 410. The smallest absolute Gasteiger partial charge is 0.248 e. The Morgan fingerprint density at radius 3 is 2.84 bits per heavy atom. The number of ether oxygens (including phenoxy) is 1. The van der Waals surface area contributed by atoms with E-state index in [9.17, 15) is 4.79 Å². The van der Waals surface area contributed by atoms with Crippen molar-refractivity contribution in [2.45, 2.75) is 26.3 Å². The van der Waals surface area contributed by atoms with Crippen LogP contribution in [0.4, 0.5) is 0 Å². The van der Waals surface area contributed by atoms with E-state index in [1.165, 1.54) is 0 Å². The van der Waals surface area contributed by atoms with Crippen LogP contribution in [0.15, 0.2) is 18.2 Å². The van der Waals surface area contributed by atoms with Gasteiger partial charge in [-0.1, -0.05) is 24.6 Å². The zero-order valence-corrected chi connectivity index (χ0v) is 12.0. The zero-order valence-electron chi connectivity index (χ0n) is 11.2. The van der Waals surface area contributed by atoms with Crippen molar-refractivity contribution in [3.8, 4) is 0 Å². The summed E-state index contributed by atoms with van der Waals surface area (Å²) in [5, 5.41) is 3.85. The van der Waals surface area contributed by atoms with Gasteiger partial charge in [0.15, 0.2) is 0 Å². The predicted molar refractivity (Wildman–Crippen MR) is 77.4 cm³/mol. The van der Waals surface area contributed by atoms with E-state index in [1.54, 1.807) is 12.1 Å².